The molecular formula is C19H20F3NOS. The van der Waals surface area contributed by atoms with E-state index in [2.05, 4.69) is 5.32 Å². The summed E-state index contributed by atoms with van der Waals surface area (Å²) in [5, 5.41) is 3.10. The van der Waals surface area contributed by atoms with Crippen molar-refractivity contribution in [1.82, 2.24) is 5.32 Å². The van der Waals surface area contributed by atoms with Gasteiger partial charge in [-0.15, -0.1) is 11.8 Å². The summed E-state index contributed by atoms with van der Waals surface area (Å²) in [5.41, 5.74) is 0.221. The smallest absolute Gasteiger partial charge is 0.345 e. The molecule has 0 saturated carbocycles. The van der Waals surface area contributed by atoms with E-state index in [4.69, 9.17) is 0 Å². The molecule has 0 saturated heterocycles. The third kappa shape index (κ3) is 5.26. The van der Waals surface area contributed by atoms with Crippen molar-refractivity contribution in [2.75, 3.05) is 0 Å². The van der Waals surface area contributed by atoms with Gasteiger partial charge < -0.3 is 5.32 Å². The van der Waals surface area contributed by atoms with Gasteiger partial charge in [0.2, 0.25) is 0 Å². The van der Waals surface area contributed by atoms with Crippen molar-refractivity contribution in [1.29, 1.82) is 0 Å². The highest BCUT2D eigenvalue weighted by Crippen LogP contribution is 2.31. The molecule has 1 unspecified atom stereocenters. The molecule has 0 spiro atoms. The number of thioether (sulfide) groups is 1. The fourth-order valence-corrected chi connectivity index (χ4v) is 3.31. The van der Waals surface area contributed by atoms with Crippen LogP contribution >= 0.6 is 11.8 Å². The lowest BCUT2D eigenvalue weighted by Crippen LogP contribution is -2.27. The van der Waals surface area contributed by atoms with E-state index in [0.717, 1.165) is 17.0 Å². The molecule has 0 radical (unpaired) electrons. The third-order valence-electron chi connectivity index (χ3n) is 3.56. The maximum atomic E-state index is 12.8. The number of amides is 1. The molecule has 0 aliphatic carbocycles. The Morgan fingerprint density at radius 2 is 1.72 bits per heavy atom. The maximum Gasteiger partial charge on any atom is 0.416 e. The Kier molecular flexibility index (Phi) is 6.16. The number of carbonyl (C=O) groups is 1. The Balaban J connectivity index is 2.19. The Hall–Kier alpha value is -1.95. The predicted octanol–water partition coefficient (Wildman–Crippen LogP) is 5.70. The average molecular weight is 367 g/mol. The largest absolute Gasteiger partial charge is 0.416 e. The second kappa shape index (κ2) is 7.95. The molecule has 2 aromatic rings. The summed E-state index contributed by atoms with van der Waals surface area (Å²) in [5.74, 6) is -0.298. The van der Waals surface area contributed by atoms with E-state index in [-0.39, 0.29) is 5.91 Å². The zero-order valence-corrected chi connectivity index (χ0v) is 15.0. The zero-order valence-electron chi connectivity index (χ0n) is 14.2. The first-order valence-corrected chi connectivity index (χ1v) is 8.80. The van der Waals surface area contributed by atoms with Gasteiger partial charge in [0.25, 0.3) is 5.91 Å². The van der Waals surface area contributed by atoms with Crippen LogP contribution in [0.15, 0.2) is 53.4 Å². The number of hydrogen-bond acceptors (Lipinski definition) is 2. The van der Waals surface area contributed by atoms with Crippen LogP contribution in [0.4, 0.5) is 13.2 Å². The van der Waals surface area contributed by atoms with Gasteiger partial charge in [0.15, 0.2) is 0 Å². The molecule has 1 atom stereocenters. The van der Waals surface area contributed by atoms with E-state index in [1.807, 2.05) is 26.0 Å². The molecular weight excluding hydrogens is 347 g/mol. The van der Waals surface area contributed by atoms with Gasteiger partial charge in [0, 0.05) is 10.1 Å². The topological polar surface area (TPSA) is 29.1 Å². The number of carbonyl (C=O) groups excluding carboxylic acids is 1. The summed E-state index contributed by atoms with van der Waals surface area (Å²) in [7, 11) is 0. The summed E-state index contributed by atoms with van der Waals surface area (Å²) in [6.45, 7) is 5.74. The summed E-state index contributed by atoms with van der Waals surface area (Å²) in [6, 6.07) is 11.7. The van der Waals surface area contributed by atoms with Gasteiger partial charge in [-0.2, -0.15) is 13.2 Å². The quantitative estimate of drug-likeness (QED) is 0.687. The summed E-state index contributed by atoms with van der Waals surface area (Å²) >= 11 is 1.57. The number of hydrogen-bond donors (Lipinski definition) is 1. The van der Waals surface area contributed by atoms with Gasteiger partial charge >= 0.3 is 6.18 Å². The van der Waals surface area contributed by atoms with E-state index in [1.54, 1.807) is 36.9 Å². The molecule has 25 heavy (non-hydrogen) atoms. The monoisotopic (exact) mass is 367 g/mol. The molecule has 0 aliphatic heterocycles. The third-order valence-corrected chi connectivity index (χ3v) is 4.64. The van der Waals surface area contributed by atoms with E-state index >= 15 is 0 Å². The summed E-state index contributed by atoms with van der Waals surface area (Å²) in [4.78, 5) is 13.4. The van der Waals surface area contributed by atoms with Crippen molar-refractivity contribution in [2.24, 2.45) is 0 Å². The lowest BCUT2D eigenvalue weighted by atomic mass is 10.0. The highest BCUT2D eigenvalue weighted by molar-refractivity contribution is 8.00. The van der Waals surface area contributed by atoms with E-state index in [1.165, 1.54) is 6.07 Å². The van der Waals surface area contributed by atoms with Crippen LogP contribution in [0.5, 0.6) is 0 Å². The number of nitrogens with one attached hydrogen (secondary N) is 1. The minimum Gasteiger partial charge on any atom is -0.345 e. The van der Waals surface area contributed by atoms with Crippen LogP contribution in [-0.2, 0) is 6.18 Å². The Bertz CT molecular complexity index is 743. The van der Waals surface area contributed by atoms with Crippen molar-refractivity contribution in [3.8, 4) is 0 Å². The Labute approximate surface area is 149 Å². The van der Waals surface area contributed by atoms with Crippen molar-refractivity contribution in [3.05, 3.63) is 65.2 Å². The maximum absolute atomic E-state index is 12.8. The first-order chi connectivity index (χ1) is 11.7. The minimum atomic E-state index is -4.40. The molecule has 6 heteroatoms. The molecule has 0 bridgehead atoms. The van der Waals surface area contributed by atoms with E-state index in [9.17, 15) is 18.0 Å². The fraction of sp³-hybridized carbons (Fsp3) is 0.316. The average Bonchev–Trinajstić information content (AvgIpc) is 2.54. The zero-order chi connectivity index (χ0) is 18.6. The predicted molar refractivity (Wildman–Crippen MR) is 94.8 cm³/mol. The normalized spacial score (nSPS) is 12.9. The van der Waals surface area contributed by atoms with Gasteiger partial charge in [-0.1, -0.05) is 38.1 Å². The molecule has 2 aromatic carbocycles. The number of benzene rings is 2. The van der Waals surface area contributed by atoms with Crippen molar-refractivity contribution in [3.63, 3.8) is 0 Å². The SMILES string of the molecule is CC(C)Sc1ccccc1C(=O)NC(C)c1cccc(C(F)(F)F)c1. The van der Waals surface area contributed by atoms with Gasteiger partial charge in [-0.25, -0.2) is 0 Å². The van der Waals surface area contributed by atoms with Crippen LogP contribution in [-0.4, -0.2) is 11.2 Å². The fourth-order valence-electron chi connectivity index (χ4n) is 2.35. The number of rotatable bonds is 5. The molecule has 2 rings (SSSR count). The Morgan fingerprint density at radius 3 is 2.36 bits per heavy atom. The van der Waals surface area contributed by atoms with Gasteiger partial charge in [0.05, 0.1) is 17.2 Å². The molecule has 0 aromatic heterocycles. The first kappa shape index (κ1) is 19.4. The second-order valence-corrected chi connectivity index (χ2v) is 7.60. The molecule has 1 amide bonds. The van der Waals surface area contributed by atoms with Crippen molar-refractivity contribution < 1.29 is 18.0 Å². The van der Waals surface area contributed by atoms with Gasteiger partial charge in [-0.3, -0.25) is 4.79 Å². The molecule has 0 fully saturated rings. The van der Waals surface area contributed by atoms with E-state index < -0.39 is 17.8 Å². The number of halogens is 3. The number of alkyl halides is 3. The van der Waals surface area contributed by atoms with Gasteiger partial charge in [0.1, 0.15) is 0 Å². The molecule has 0 heterocycles. The Morgan fingerprint density at radius 1 is 1.04 bits per heavy atom. The standard InChI is InChI=1S/C19H20F3NOS/c1-12(2)25-17-10-5-4-9-16(17)18(24)23-13(3)14-7-6-8-15(11-14)19(20,21)22/h4-13H,1-3H3,(H,23,24). The summed E-state index contributed by atoms with van der Waals surface area (Å²) in [6.07, 6.45) is -4.40. The van der Waals surface area contributed by atoms with Crippen LogP contribution in [0, 0.1) is 0 Å². The molecule has 2 nitrogen and oxygen atoms in total. The van der Waals surface area contributed by atoms with Crippen LogP contribution in [0.3, 0.4) is 0 Å². The van der Waals surface area contributed by atoms with Crippen LogP contribution in [0.2, 0.25) is 0 Å². The minimum absolute atomic E-state index is 0.298. The molecule has 1 N–H and O–H groups in total. The van der Waals surface area contributed by atoms with Gasteiger partial charge in [-0.05, 0) is 36.8 Å². The molecule has 134 valence electrons. The lowest BCUT2D eigenvalue weighted by molar-refractivity contribution is -0.137. The van der Waals surface area contributed by atoms with Crippen molar-refractivity contribution in [2.45, 2.75) is 43.1 Å². The highest BCUT2D eigenvalue weighted by atomic mass is 32.2. The molecule has 0 aliphatic rings. The van der Waals surface area contributed by atoms with Crippen molar-refractivity contribution >= 4 is 17.7 Å². The first-order valence-electron chi connectivity index (χ1n) is 7.92. The van der Waals surface area contributed by atoms with Crippen LogP contribution < -0.4 is 5.32 Å². The lowest BCUT2D eigenvalue weighted by Gasteiger charge is -2.18. The highest BCUT2D eigenvalue weighted by Gasteiger charge is 2.30. The van der Waals surface area contributed by atoms with E-state index in [0.29, 0.717) is 16.4 Å². The summed E-state index contributed by atoms with van der Waals surface area (Å²) < 4.78 is 38.5. The van der Waals surface area contributed by atoms with Crippen LogP contribution in [0.25, 0.3) is 0 Å². The second-order valence-electron chi connectivity index (χ2n) is 5.98. The van der Waals surface area contributed by atoms with Crippen LogP contribution in [0.1, 0.15) is 48.3 Å².